The van der Waals surface area contributed by atoms with Crippen molar-refractivity contribution in [1.29, 1.82) is 0 Å². The molecule has 0 fully saturated rings. The fraction of sp³-hybridized carbons (Fsp3) is 0.0577. The molecule has 0 spiro atoms. The molecule has 0 N–H and O–H groups in total. The van der Waals surface area contributed by atoms with Gasteiger partial charge in [-0.05, 0) is 90.0 Å². The van der Waals surface area contributed by atoms with Gasteiger partial charge in [-0.15, -0.1) is 0 Å². The maximum atomic E-state index is 6.26. The SMILES string of the molecule is CC1(C)c2ccc(-c3nc(-c4ccccc4)nc(-c4cccc5oc6ccccc6c45)n3)cc2-c2ccc(-c3ccc4ccc5cccc6ccc3c4c56)cc21. The lowest BCUT2D eigenvalue weighted by atomic mass is 9.81. The van der Waals surface area contributed by atoms with Crippen LogP contribution in [0, 0.1) is 0 Å². The molecule has 9 aromatic carbocycles. The van der Waals surface area contributed by atoms with Gasteiger partial charge in [0.2, 0.25) is 0 Å². The number of benzene rings is 9. The average Bonchev–Trinajstić information content (AvgIpc) is 3.74. The van der Waals surface area contributed by atoms with Crippen molar-refractivity contribution in [3.05, 3.63) is 175 Å². The first kappa shape index (κ1) is 31.2. The highest BCUT2D eigenvalue weighted by atomic mass is 16.3. The number of hydrogen-bond donors (Lipinski definition) is 0. The van der Waals surface area contributed by atoms with Crippen LogP contribution in [0.2, 0.25) is 0 Å². The average molecular weight is 716 g/mol. The predicted molar refractivity (Wildman–Crippen MR) is 230 cm³/mol. The normalized spacial score (nSPS) is 13.3. The molecule has 0 radical (unpaired) electrons. The summed E-state index contributed by atoms with van der Waals surface area (Å²) in [7, 11) is 0. The first-order valence-corrected chi connectivity index (χ1v) is 19.2. The van der Waals surface area contributed by atoms with Crippen molar-refractivity contribution in [2.75, 3.05) is 0 Å². The smallest absolute Gasteiger partial charge is 0.164 e. The van der Waals surface area contributed by atoms with E-state index in [1.807, 2.05) is 48.5 Å². The highest BCUT2D eigenvalue weighted by Crippen LogP contribution is 2.51. The van der Waals surface area contributed by atoms with Crippen LogP contribution < -0.4 is 0 Å². The Morgan fingerprint density at radius 2 is 1.04 bits per heavy atom. The number of furan rings is 1. The first-order valence-electron chi connectivity index (χ1n) is 19.2. The molecule has 0 amide bonds. The Morgan fingerprint density at radius 3 is 1.89 bits per heavy atom. The number of rotatable bonds is 4. The number of nitrogens with zero attached hydrogens (tertiary/aromatic N) is 3. The summed E-state index contributed by atoms with van der Waals surface area (Å²) >= 11 is 0. The Hall–Kier alpha value is -7.17. The van der Waals surface area contributed by atoms with Gasteiger partial charge in [-0.1, -0.05) is 153 Å². The quantitative estimate of drug-likeness (QED) is 0.170. The van der Waals surface area contributed by atoms with Crippen LogP contribution in [-0.2, 0) is 5.41 Å². The fourth-order valence-electron chi connectivity index (χ4n) is 9.35. The molecule has 4 nitrogen and oxygen atoms in total. The summed E-state index contributed by atoms with van der Waals surface area (Å²) in [4.78, 5) is 15.4. The minimum absolute atomic E-state index is 0.194. The first-order chi connectivity index (χ1) is 27.5. The minimum Gasteiger partial charge on any atom is -0.456 e. The van der Waals surface area contributed by atoms with Crippen LogP contribution >= 0.6 is 0 Å². The highest BCUT2D eigenvalue weighted by molar-refractivity contribution is 6.25. The molecule has 0 atom stereocenters. The van der Waals surface area contributed by atoms with Gasteiger partial charge in [0.1, 0.15) is 11.2 Å². The number of hydrogen-bond acceptors (Lipinski definition) is 4. The van der Waals surface area contributed by atoms with Gasteiger partial charge in [-0.2, -0.15) is 0 Å². The molecule has 0 saturated carbocycles. The third-order valence-electron chi connectivity index (χ3n) is 12.1. The molecular weight excluding hydrogens is 683 g/mol. The Labute approximate surface area is 323 Å². The summed E-state index contributed by atoms with van der Waals surface area (Å²) in [5.41, 5.74) is 11.9. The number of para-hydroxylation sites is 1. The van der Waals surface area contributed by atoms with Gasteiger partial charge < -0.3 is 4.42 Å². The van der Waals surface area contributed by atoms with Crippen LogP contribution in [0.5, 0.6) is 0 Å². The maximum absolute atomic E-state index is 6.26. The zero-order valence-electron chi connectivity index (χ0n) is 30.8. The Balaban J connectivity index is 1.01. The van der Waals surface area contributed by atoms with Gasteiger partial charge in [0.05, 0.1) is 0 Å². The van der Waals surface area contributed by atoms with E-state index in [1.165, 1.54) is 65.7 Å². The second kappa shape index (κ2) is 11.4. The molecule has 12 rings (SSSR count). The van der Waals surface area contributed by atoms with Crippen molar-refractivity contribution < 1.29 is 4.42 Å². The van der Waals surface area contributed by atoms with E-state index in [9.17, 15) is 0 Å². The lowest BCUT2D eigenvalue weighted by Crippen LogP contribution is -2.15. The molecular formula is C52H33N3O. The molecule has 4 heteroatoms. The Bertz CT molecular complexity index is 3380. The Morgan fingerprint density at radius 1 is 0.375 bits per heavy atom. The van der Waals surface area contributed by atoms with Gasteiger partial charge in [0.15, 0.2) is 17.5 Å². The van der Waals surface area contributed by atoms with Crippen LogP contribution in [0.1, 0.15) is 25.0 Å². The molecule has 1 aliphatic rings. The van der Waals surface area contributed by atoms with E-state index in [2.05, 4.69) is 129 Å². The van der Waals surface area contributed by atoms with Crippen molar-refractivity contribution in [1.82, 2.24) is 15.0 Å². The van der Waals surface area contributed by atoms with E-state index < -0.39 is 0 Å². The topological polar surface area (TPSA) is 51.8 Å². The van der Waals surface area contributed by atoms with Gasteiger partial charge in [-0.3, -0.25) is 0 Å². The van der Waals surface area contributed by atoms with E-state index in [0.29, 0.717) is 17.5 Å². The van der Waals surface area contributed by atoms with Crippen LogP contribution in [0.15, 0.2) is 168 Å². The van der Waals surface area contributed by atoms with E-state index in [4.69, 9.17) is 19.4 Å². The lowest BCUT2D eigenvalue weighted by molar-refractivity contribution is 0.660. The zero-order chi connectivity index (χ0) is 37.1. The molecule has 11 aromatic rings. The maximum Gasteiger partial charge on any atom is 0.164 e. The molecule has 56 heavy (non-hydrogen) atoms. The van der Waals surface area contributed by atoms with Gasteiger partial charge in [0.25, 0.3) is 0 Å². The predicted octanol–water partition coefficient (Wildman–Crippen LogP) is 13.6. The van der Waals surface area contributed by atoms with Crippen molar-refractivity contribution in [2.45, 2.75) is 19.3 Å². The van der Waals surface area contributed by atoms with Crippen molar-refractivity contribution >= 4 is 54.3 Å². The van der Waals surface area contributed by atoms with E-state index in [0.717, 1.165) is 38.6 Å². The van der Waals surface area contributed by atoms with Gasteiger partial charge >= 0.3 is 0 Å². The molecule has 0 saturated heterocycles. The van der Waals surface area contributed by atoms with E-state index >= 15 is 0 Å². The summed E-state index contributed by atoms with van der Waals surface area (Å²) < 4.78 is 6.26. The third kappa shape index (κ3) is 4.44. The van der Waals surface area contributed by atoms with Crippen LogP contribution in [-0.4, -0.2) is 15.0 Å². The molecule has 0 bridgehead atoms. The molecule has 2 aromatic heterocycles. The largest absolute Gasteiger partial charge is 0.456 e. The summed E-state index contributed by atoms with van der Waals surface area (Å²) in [5, 5.41) is 9.87. The molecule has 0 unspecified atom stereocenters. The Kier molecular flexibility index (Phi) is 6.37. The number of aromatic nitrogens is 3. The van der Waals surface area contributed by atoms with Gasteiger partial charge in [-0.25, -0.2) is 15.0 Å². The third-order valence-corrected chi connectivity index (χ3v) is 12.1. The van der Waals surface area contributed by atoms with Gasteiger partial charge in [0, 0.05) is 32.9 Å². The molecule has 1 aliphatic carbocycles. The van der Waals surface area contributed by atoms with Crippen LogP contribution in [0.4, 0.5) is 0 Å². The van der Waals surface area contributed by atoms with Crippen LogP contribution in [0.25, 0.3) is 111 Å². The van der Waals surface area contributed by atoms with Crippen LogP contribution in [0.3, 0.4) is 0 Å². The van der Waals surface area contributed by atoms with E-state index in [-0.39, 0.29) is 5.41 Å². The minimum atomic E-state index is -0.194. The second-order valence-corrected chi connectivity index (χ2v) is 15.6. The summed E-state index contributed by atoms with van der Waals surface area (Å²) in [5.74, 6) is 1.89. The summed E-state index contributed by atoms with van der Waals surface area (Å²) in [6.07, 6.45) is 0. The summed E-state index contributed by atoms with van der Waals surface area (Å²) in [6.45, 7) is 4.69. The molecule has 0 aliphatic heterocycles. The lowest BCUT2D eigenvalue weighted by Gasteiger charge is -2.22. The molecule has 262 valence electrons. The standard InChI is InChI=1S/C52H33N3O/c1-52(2)42-27-23-35(50-53-49(33-10-4-3-5-11-33)54-51(55-50)40-15-9-17-45-48(40)39-14-6-7-16-44(39)56-45)28-41(42)37-25-22-34(29-43(37)52)36-24-20-32-19-18-30-12-8-13-31-21-26-38(36)47(32)46(30)31/h3-29H,1-2H3. The monoisotopic (exact) mass is 715 g/mol. The summed E-state index contributed by atoms with van der Waals surface area (Å²) in [6, 6.07) is 58.4. The van der Waals surface area contributed by atoms with Crippen molar-refractivity contribution in [3.8, 4) is 56.4 Å². The molecule has 2 heterocycles. The van der Waals surface area contributed by atoms with Crippen molar-refractivity contribution in [3.63, 3.8) is 0 Å². The second-order valence-electron chi connectivity index (χ2n) is 15.6. The highest BCUT2D eigenvalue weighted by Gasteiger charge is 2.36. The fourth-order valence-corrected chi connectivity index (χ4v) is 9.35. The number of fused-ring (bicyclic) bond motifs is 6. The van der Waals surface area contributed by atoms with Crippen molar-refractivity contribution in [2.24, 2.45) is 0 Å². The van der Waals surface area contributed by atoms with E-state index in [1.54, 1.807) is 0 Å². The zero-order valence-corrected chi connectivity index (χ0v) is 30.8.